The summed E-state index contributed by atoms with van der Waals surface area (Å²) in [4.78, 5) is 34.4. The number of benzene rings is 1. The molecule has 2 atom stereocenters. The summed E-state index contributed by atoms with van der Waals surface area (Å²) in [6.45, 7) is -0.426. The van der Waals surface area contributed by atoms with E-state index >= 15 is 0 Å². The topological polar surface area (TPSA) is 112 Å². The molecule has 10 nitrogen and oxygen atoms in total. The van der Waals surface area contributed by atoms with E-state index in [9.17, 15) is 22.8 Å². The van der Waals surface area contributed by atoms with E-state index < -0.39 is 36.4 Å². The first-order chi connectivity index (χ1) is 19.1. The fourth-order valence-electron chi connectivity index (χ4n) is 4.44. The number of amides is 1. The average Bonchev–Trinajstić information content (AvgIpc) is 3.67. The van der Waals surface area contributed by atoms with Crippen molar-refractivity contribution in [3.63, 3.8) is 0 Å². The molecule has 3 aromatic heterocycles. The fraction of sp³-hybridized carbons (Fsp3) is 0.320. The van der Waals surface area contributed by atoms with Gasteiger partial charge in [0.15, 0.2) is 11.6 Å². The van der Waals surface area contributed by atoms with Crippen LogP contribution in [-0.2, 0) is 17.9 Å². The van der Waals surface area contributed by atoms with Crippen LogP contribution in [0, 0.1) is 0 Å². The number of imidazole rings is 1. The molecule has 15 heteroatoms. The number of alkyl halides is 3. The number of hydrogen-bond acceptors (Lipinski definition) is 6. The van der Waals surface area contributed by atoms with Crippen LogP contribution in [0.1, 0.15) is 18.7 Å². The third kappa shape index (κ3) is 6.06. The molecule has 40 heavy (non-hydrogen) atoms. The highest BCUT2D eigenvalue weighted by Gasteiger charge is 2.42. The maximum atomic E-state index is 14.1. The first-order valence-electron chi connectivity index (χ1n) is 12.3. The van der Waals surface area contributed by atoms with Gasteiger partial charge >= 0.3 is 11.9 Å². The van der Waals surface area contributed by atoms with E-state index in [4.69, 9.17) is 23.2 Å². The van der Waals surface area contributed by atoms with Gasteiger partial charge in [-0.1, -0.05) is 35.3 Å². The zero-order chi connectivity index (χ0) is 28.4. The lowest BCUT2D eigenvalue weighted by Crippen LogP contribution is -2.53. The molecular weight excluding hydrogens is 572 g/mol. The molecule has 1 fully saturated rings. The Balaban J connectivity index is 1.48. The van der Waals surface area contributed by atoms with E-state index in [0.29, 0.717) is 40.8 Å². The van der Waals surface area contributed by atoms with Crippen LogP contribution in [0.4, 0.5) is 13.2 Å². The summed E-state index contributed by atoms with van der Waals surface area (Å²) in [7, 11) is 0. The normalized spacial score (nSPS) is 16.3. The molecule has 210 valence electrons. The van der Waals surface area contributed by atoms with Gasteiger partial charge in [0.25, 0.3) is 0 Å². The summed E-state index contributed by atoms with van der Waals surface area (Å²) in [5, 5.41) is 10.0. The molecule has 5 rings (SSSR count). The molecular formula is C25H23Cl2F3N8O2. The zero-order valence-corrected chi connectivity index (χ0v) is 22.3. The van der Waals surface area contributed by atoms with Gasteiger partial charge in [-0.05, 0) is 49.2 Å². The highest BCUT2D eigenvalue weighted by Crippen LogP contribution is 2.26. The summed E-state index contributed by atoms with van der Waals surface area (Å²) >= 11 is 12.2. The number of carbonyl (C=O) groups excluding carboxylic acids is 1. The molecule has 2 N–H and O–H groups in total. The minimum Gasteiger partial charge on any atom is -0.342 e. The third-order valence-corrected chi connectivity index (χ3v) is 6.99. The van der Waals surface area contributed by atoms with Crippen molar-refractivity contribution >= 4 is 29.1 Å². The molecule has 0 radical (unpaired) electrons. The van der Waals surface area contributed by atoms with Crippen molar-refractivity contribution in [1.82, 2.24) is 39.5 Å². The van der Waals surface area contributed by atoms with Crippen LogP contribution in [0.3, 0.4) is 0 Å². The average molecular weight is 595 g/mol. The Kier molecular flexibility index (Phi) is 7.97. The van der Waals surface area contributed by atoms with Crippen molar-refractivity contribution in [2.75, 3.05) is 6.54 Å². The van der Waals surface area contributed by atoms with Crippen LogP contribution in [0.2, 0.25) is 10.0 Å². The summed E-state index contributed by atoms with van der Waals surface area (Å²) in [6.07, 6.45) is 0.644. The number of rotatable bonds is 8. The predicted octanol–water partition coefficient (Wildman–Crippen LogP) is 3.45. The van der Waals surface area contributed by atoms with Gasteiger partial charge in [-0.2, -0.15) is 13.2 Å². The molecule has 1 aliphatic rings. The van der Waals surface area contributed by atoms with E-state index in [1.54, 1.807) is 36.4 Å². The summed E-state index contributed by atoms with van der Waals surface area (Å²) in [5.74, 6) is -0.227. The molecule has 0 aliphatic carbocycles. The number of nitrogens with one attached hydrogen (secondary N) is 2. The second-order valence-electron chi connectivity index (χ2n) is 9.21. The van der Waals surface area contributed by atoms with Crippen molar-refractivity contribution in [3.05, 3.63) is 81.5 Å². The van der Waals surface area contributed by atoms with Gasteiger partial charge in [-0.3, -0.25) is 13.9 Å². The van der Waals surface area contributed by atoms with E-state index in [0.717, 1.165) is 4.57 Å². The molecule has 2 unspecified atom stereocenters. The van der Waals surface area contributed by atoms with Crippen LogP contribution in [0.5, 0.6) is 0 Å². The maximum Gasteiger partial charge on any atom is 0.410 e. The minimum atomic E-state index is -4.81. The Morgan fingerprint density at radius 3 is 2.62 bits per heavy atom. The van der Waals surface area contributed by atoms with Gasteiger partial charge in [-0.15, -0.1) is 5.10 Å². The van der Waals surface area contributed by atoms with Crippen molar-refractivity contribution in [2.45, 2.75) is 44.2 Å². The molecule has 1 aliphatic heterocycles. The molecule has 1 aromatic carbocycles. The first-order valence-corrected chi connectivity index (χ1v) is 13.0. The van der Waals surface area contributed by atoms with E-state index in [1.807, 2.05) is 0 Å². The smallest absolute Gasteiger partial charge is 0.342 e. The first kappa shape index (κ1) is 27.9. The minimum absolute atomic E-state index is 0.140. The van der Waals surface area contributed by atoms with Gasteiger partial charge in [0.2, 0.25) is 5.91 Å². The van der Waals surface area contributed by atoms with Crippen molar-refractivity contribution in [2.24, 2.45) is 0 Å². The van der Waals surface area contributed by atoms with Crippen molar-refractivity contribution in [3.8, 4) is 17.1 Å². The second kappa shape index (κ2) is 11.4. The standard InChI is InChI=1S/C25H23Cl2F3N8O2/c26-16-7-5-15(6-8-16)19-11-36(13-21-33-14-38(35-21)22-17(27)3-1-10-32-22)24(40)37(19)12-20(25(28,29)30)34-23(39)18-4-2-9-31-18/h1,3,5-8,10-11,14,18,20,31H,2,4,9,12-13H2,(H,34,39). The SMILES string of the molecule is O=C(NC(Cn1c(-c2ccc(Cl)cc2)cn(Cc2ncn(-c3ncccc3Cl)n2)c1=O)C(F)(F)F)C1CCCN1. The summed E-state index contributed by atoms with van der Waals surface area (Å²) < 4.78 is 45.9. The molecule has 0 saturated carbocycles. The van der Waals surface area contributed by atoms with Gasteiger partial charge in [0.1, 0.15) is 12.4 Å². The molecule has 4 heterocycles. The zero-order valence-electron chi connectivity index (χ0n) is 20.8. The van der Waals surface area contributed by atoms with Crippen LogP contribution < -0.4 is 16.3 Å². The second-order valence-corrected chi connectivity index (χ2v) is 10.1. The maximum absolute atomic E-state index is 14.1. The fourth-order valence-corrected chi connectivity index (χ4v) is 4.77. The number of hydrogen-bond donors (Lipinski definition) is 2. The van der Waals surface area contributed by atoms with E-state index in [-0.39, 0.29) is 18.1 Å². The Labute approximate surface area is 235 Å². The van der Waals surface area contributed by atoms with Crippen LogP contribution in [0.15, 0.2) is 59.9 Å². The lowest BCUT2D eigenvalue weighted by molar-refractivity contribution is -0.164. The number of halogens is 5. The summed E-state index contributed by atoms with van der Waals surface area (Å²) in [6, 6.07) is 6.60. The van der Waals surface area contributed by atoms with Gasteiger partial charge in [0.05, 0.1) is 29.8 Å². The van der Waals surface area contributed by atoms with E-state index in [1.165, 1.54) is 28.0 Å². The number of nitrogens with zero attached hydrogens (tertiary/aromatic N) is 6. The van der Waals surface area contributed by atoms with Crippen LogP contribution in [-0.4, -0.2) is 59.6 Å². The Morgan fingerprint density at radius 1 is 1.18 bits per heavy atom. The Morgan fingerprint density at radius 2 is 1.95 bits per heavy atom. The lowest BCUT2D eigenvalue weighted by Gasteiger charge is -2.24. The summed E-state index contributed by atoms with van der Waals surface area (Å²) in [5.41, 5.74) is -0.0697. The highest BCUT2D eigenvalue weighted by molar-refractivity contribution is 6.32. The van der Waals surface area contributed by atoms with Crippen molar-refractivity contribution in [1.29, 1.82) is 0 Å². The van der Waals surface area contributed by atoms with Gasteiger partial charge < -0.3 is 10.6 Å². The van der Waals surface area contributed by atoms with Gasteiger partial charge in [-0.25, -0.2) is 19.4 Å². The van der Waals surface area contributed by atoms with Crippen LogP contribution >= 0.6 is 23.2 Å². The number of carbonyl (C=O) groups is 1. The van der Waals surface area contributed by atoms with Gasteiger partial charge in [0, 0.05) is 17.4 Å². The largest absolute Gasteiger partial charge is 0.410 e. The number of pyridine rings is 1. The Bertz CT molecular complexity index is 1560. The van der Waals surface area contributed by atoms with Crippen molar-refractivity contribution < 1.29 is 18.0 Å². The molecule has 1 saturated heterocycles. The molecule has 4 aromatic rings. The predicted molar refractivity (Wildman–Crippen MR) is 141 cm³/mol. The van der Waals surface area contributed by atoms with E-state index in [2.05, 4.69) is 25.7 Å². The molecule has 0 spiro atoms. The van der Waals surface area contributed by atoms with Crippen LogP contribution in [0.25, 0.3) is 17.1 Å². The highest BCUT2D eigenvalue weighted by atomic mass is 35.5. The third-order valence-electron chi connectivity index (χ3n) is 6.45. The lowest BCUT2D eigenvalue weighted by atomic mass is 10.1. The number of aromatic nitrogens is 6. The Hall–Kier alpha value is -3.68. The molecule has 1 amide bonds. The monoisotopic (exact) mass is 594 g/mol. The molecule has 0 bridgehead atoms. The quantitative estimate of drug-likeness (QED) is 0.323.